The fourth-order valence-electron chi connectivity index (χ4n) is 2.35. The van der Waals surface area contributed by atoms with Gasteiger partial charge in [-0.3, -0.25) is 9.59 Å². The zero-order valence-electron chi connectivity index (χ0n) is 12.9. The third-order valence-corrected chi connectivity index (χ3v) is 3.69. The summed E-state index contributed by atoms with van der Waals surface area (Å²) in [6.07, 6.45) is 0. The van der Waals surface area contributed by atoms with Gasteiger partial charge in [-0.15, -0.1) is 0 Å². The smallest absolute Gasteiger partial charge is 0.244 e. The van der Waals surface area contributed by atoms with E-state index in [1.54, 1.807) is 42.5 Å². The van der Waals surface area contributed by atoms with E-state index in [4.69, 9.17) is 21.1 Å². The zero-order valence-corrected chi connectivity index (χ0v) is 13.7. The van der Waals surface area contributed by atoms with Crippen LogP contribution in [0.3, 0.4) is 0 Å². The highest BCUT2D eigenvalue weighted by atomic mass is 35.5. The van der Waals surface area contributed by atoms with Gasteiger partial charge in [0.25, 0.3) is 0 Å². The number of fused-ring (bicyclic) bond motifs is 1. The summed E-state index contributed by atoms with van der Waals surface area (Å²) in [5.41, 5.74) is 1.13. The van der Waals surface area contributed by atoms with Crippen LogP contribution < -0.4 is 19.7 Å². The van der Waals surface area contributed by atoms with Gasteiger partial charge in [-0.25, -0.2) is 0 Å². The first kappa shape index (κ1) is 16.1. The largest absolute Gasteiger partial charge is 0.454 e. The summed E-state index contributed by atoms with van der Waals surface area (Å²) in [7, 11) is 0. The molecule has 0 atom stereocenters. The second-order valence-electron chi connectivity index (χ2n) is 5.20. The Bertz CT molecular complexity index is 794. The van der Waals surface area contributed by atoms with Crippen molar-refractivity contribution < 1.29 is 19.1 Å². The van der Waals surface area contributed by atoms with Gasteiger partial charge >= 0.3 is 0 Å². The fraction of sp³-hybridized carbons (Fsp3) is 0.176. The molecule has 0 saturated heterocycles. The van der Waals surface area contributed by atoms with Crippen molar-refractivity contribution in [3.05, 3.63) is 47.5 Å². The van der Waals surface area contributed by atoms with E-state index >= 15 is 0 Å². The Kier molecular flexibility index (Phi) is 4.57. The quantitative estimate of drug-likeness (QED) is 0.923. The van der Waals surface area contributed by atoms with E-state index in [9.17, 15) is 9.59 Å². The van der Waals surface area contributed by atoms with Gasteiger partial charge in [0.1, 0.15) is 6.54 Å². The van der Waals surface area contributed by atoms with Crippen molar-refractivity contribution in [2.45, 2.75) is 6.92 Å². The number of nitrogens with one attached hydrogen (secondary N) is 1. The van der Waals surface area contributed by atoms with Crippen LogP contribution in [0.15, 0.2) is 42.5 Å². The lowest BCUT2D eigenvalue weighted by Gasteiger charge is -2.21. The number of amides is 2. The van der Waals surface area contributed by atoms with Crippen molar-refractivity contribution in [3.8, 4) is 11.5 Å². The summed E-state index contributed by atoms with van der Waals surface area (Å²) < 4.78 is 10.6. The number of anilines is 2. The number of carbonyl (C=O) groups excluding carboxylic acids is 2. The molecule has 0 aliphatic carbocycles. The fourth-order valence-corrected chi connectivity index (χ4v) is 2.54. The second-order valence-corrected chi connectivity index (χ2v) is 5.64. The lowest BCUT2D eigenvalue weighted by Crippen LogP contribution is -2.36. The summed E-state index contributed by atoms with van der Waals surface area (Å²) in [5.74, 6) is 0.583. The Morgan fingerprint density at radius 3 is 2.71 bits per heavy atom. The SMILES string of the molecule is CC(=O)N(CC(=O)Nc1cccc(Cl)c1)c1ccc2c(c1)OCO2. The Labute approximate surface area is 143 Å². The van der Waals surface area contributed by atoms with E-state index in [1.165, 1.54) is 11.8 Å². The minimum absolute atomic E-state index is 0.124. The van der Waals surface area contributed by atoms with Gasteiger partial charge in [0.15, 0.2) is 11.5 Å². The first-order valence-electron chi connectivity index (χ1n) is 7.26. The van der Waals surface area contributed by atoms with E-state index < -0.39 is 0 Å². The van der Waals surface area contributed by atoms with E-state index in [0.717, 1.165) is 0 Å². The monoisotopic (exact) mass is 346 g/mol. The molecule has 1 heterocycles. The van der Waals surface area contributed by atoms with Crippen molar-refractivity contribution in [1.82, 2.24) is 0 Å². The topological polar surface area (TPSA) is 67.9 Å². The van der Waals surface area contributed by atoms with Crippen LogP contribution in [0.25, 0.3) is 0 Å². The molecular formula is C17H15ClN2O4. The van der Waals surface area contributed by atoms with Crippen LogP contribution >= 0.6 is 11.6 Å². The van der Waals surface area contributed by atoms with Crippen molar-refractivity contribution in [2.24, 2.45) is 0 Å². The van der Waals surface area contributed by atoms with Crippen molar-refractivity contribution in [1.29, 1.82) is 0 Å². The maximum absolute atomic E-state index is 12.2. The van der Waals surface area contributed by atoms with E-state index in [2.05, 4.69) is 5.32 Å². The summed E-state index contributed by atoms with van der Waals surface area (Å²) in [4.78, 5) is 25.5. The minimum atomic E-state index is -0.329. The van der Waals surface area contributed by atoms with Crippen LogP contribution in [-0.4, -0.2) is 25.2 Å². The van der Waals surface area contributed by atoms with Crippen molar-refractivity contribution >= 4 is 34.8 Å². The zero-order chi connectivity index (χ0) is 17.1. The highest BCUT2D eigenvalue weighted by Crippen LogP contribution is 2.35. The molecule has 7 heteroatoms. The molecule has 0 radical (unpaired) electrons. The summed E-state index contributed by atoms with van der Waals surface area (Å²) in [6.45, 7) is 1.42. The Hall–Kier alpha value is -2.73. The second kappa shape index (κ2) is 6.80. The molecule has 6 nitrogen and oxygen atoms in total. The molecule has 1 N–H and O–H groups in total. The Morgan fingerprint density at radius 1 is 1.17 bits per heavy atom. The molecule has 2 aromatic rings. The van der Waals surface area contributed by atoms with Crippen molar-refractivity contribution in [3.63, 3.8) is 0 Å². The predicted molar refractivity (Wildman–Crippen MR) is 90.7 cm³/mol. The van der Waals surface area contributed by atoms with E-state index in [1.807, 2.05) is 0 Å². The number of rotatable bonds is 4. The number of hydrogen-bond acceptors (Lipinski definition) is 4. The molecule has 2 aromatic carbocycles. The Morgan fingerprint density at radius 2 is 1.96 bits per heavy atom. The van der Waals surface area contributed by atoms with Gasteiger partial charge in [-0.2, -0.15) is 0 Å². The van der Waals surface area contributed by atoms with E-state index in [-0.39, 0.29) is 25.2 Å². The normalized spacial score (nSPS) is 11.9. The number of hydrogen-bond donors (Lipinski definition) is 1. The van der Waals surface area contributed by atoms with Crippen LogP contribution in [0.4, 0.5) is 11.4 Å². The molecule has 1 aliphatic rings. The van der Waals surface area contributed by atoms with Crippen LogP contribution in [0.1, 0.15) is 6.92 Å². The first-order chi connectivity index (χ1) is 11.5. The molecule has 0 unspecified atom stereocenters. The van der Waals surface area contributed by atoms with Gasteiger partial charge < -0.3 is 19.7 Å². The molecule has 0 spiro atoms. The van der Waals surface area contributed by atoms with E-state index in [0.29, 0.717) is 27.9 Å². The van der Waals surface area contributed by atoms with Gasteiger partial charge in [-0.05, 0) is 30.3 Å². The molecule has 3 rings (SSSR count). The number of halogens is 1. The number of nitrogens with zero attached hydrogens (tertiary/aromatic N) is 1. The van der Waals surface area contributed by atoms with Gasteiger partial charge in [0.2, 0.25) is 18.6 Å². The van der Waals surface area contributed by atoms with Gasteiger partial charge in [0, 0.05) is 29.4 Å². The minimum Gasteiger partial charge on any atom is -0.454 e. The summed E-state index contributed by atoms with van der Waals surface area (Å²) in [6, 6.07) is 11.9. The number of ether oxygens (including phenoxy) is 2. The molecule has 0 bridgehead atoms. The maximum atomic E-state index is 12.2. The number of benzene rings is 2. The third-order valence-electron chi connectivity index (χ3n) is 3.46. The third kappa shape index (κ3) is 3.60. The Balaban J connectivity index is 1.74. The average molecular weight is 347 g/mol. The maximum Gasteiger partial charge on any atom is 0.244 e. The van der Waals surface area contributed by atoms with Gasteiger partial charge in [0.05, 0.1) is 0 Å². The number of carbonyl (C=O) groups is 2. The molecular weight excluding hydrogens is 332 g/mol. The molecule has 1 aliphatic heterocycles. The van der Waals surface area contributed by atoms with Crippen LogP contribution in [0, 0.1) is 0 Å². The van der Waals surface area contributed by atoms with Crippen molar-refractivity contribution in [2.75, 3.05) is 23.6 Å². The molecule has 24 heavy (non-hydrogen) atoms. The lowest BCUT2D eigenvalue weighted by molar-refractivity contribution is -0.120. The lowest BCUT2D eigenvalue weighted by atomic mass is 10.2. The first-order valence-corrected chi connectivity index (χ1v) is 7.64. The molecule has 0 aromatic heterocycles. The standard InChI is InChI=1S/C17H15ClN2O4/c1-11(21)20(14-5-6-15-16(8-14)24-10-23-15)9-17(22)19-13-4-2-3-12(18)7-13/h2-8H,9-10H2,1H3,(H,19,22). The summed E-state index contributed by atoms with van der Waals surface area (Å²) in [5, 5.41) is 3.24. The highest BCUT2D eigenvalue weighted by Gasteiger charge is 2.20. The average Bonchev–Trinajstić information content (AvgIpc) is 2.99. The van der Waals surface area contributed by atoms with Crippen LogP contribution in [-0.2, 0) is 9.59 Å². The van der Waals surface area contributed by atoms with Crippen LogP contribution in [0.2, 0.25) is 5.02 Å². The molecule has 2 amide bonds. The molecule has 124 valence electrons. The van der Waals surface area contributed by atoms with Gasteiger partial charge in [-0.1, -0.05) is 17.7 Å². The highest BCUT2D eigenvalue weighted by molar-refractivity contribution is 6.30. The predicted octanol–water partition coefficient (Wildman–Crippen LogP) is 3.06. The van der Waals surface area contributed by atoms with Crippen LogP contribution in [0.5, 0.6) is 11.5 Å². The summed E-state index contributed by atoms with van der Waals surface area (Å²) >= 11 is 5.89. The molecule has 0 fully saturated rings. The molecule has 0 saturated carbocycles.